The molecule has 0 aliphatic heterocycles. The SMILES string of the molecule is Cc1cccc(CN(C(N)=O)C2CCC(Nc3nc4c(c(N(C)C)n3)CCCC4)CC2)c1. The number of nitrogens with two attached hydrogens (primary N) is 1. The Kier molecular flexibility index (Phi) is 6.82. The topological polar surface area (TPSA) is 87.4 Å². The van der Waals surface area contributed by atoms with E-state index in [0.717, 1.165) is 55.9 Å². The van der Waals surface area contributed by atoms with Crippen LogP contribution >= 0.6 is 0 Å². The smallest absolute Gasteiger partial charge is 0.315 e. The van der Waals surface area contributed by atoms with E-state index in [-0.39, 0.29) is 12.1 Å². The number of hydrogen-bond acceptors (Lipinski definition) is 5. The largest absolute Gasteiger partial charge is 0.362 e. The van der Waals surface area contributed by atoms with Crippen LogP contribution in [0.3, 0.4) is 0 Å². The highest BCUT2D eigenvalue weighted by Gasteiger charge is 2.29. The van der Waals surface area contributed by atoms with Crippen molar-refractivity contribution < 1.29 is 4.79 Å². The van der Waals surface area contributed by atoms with E-state index >= 15 is 0 Å². The molecule has 1 fully saturated rings. The van der Waals surface area contributed by atoms with E-state index in [2.05, 4.69) is 49.4 Å². The van der Waals surface area contributed by atoms with Crippen LogP contribution < -0.4 is 16.0 Å². The molecule has 32 heavy (non-hydrogen) atoms. The number of fused-ring (bicyclic) bond motifs is 1. The lowest BCUT2D eigenvalue weighted by molar-refractivity contribution is 0.156. The molecule has 1 aromatic heterocycles. The Hall–Kier alpha value is -2.83. The summed E-state index contributed by atoms with van der Waals surface area (Å²) in [4.78, 5) is 25.9. The molecular weight excluding hydrogens is 400 g/mol. The third kappa shape index (κ3) is 5.14. The van der Waals surface area contributed by atoms with Crippen LogP contribution in [0.4, 0.5) is 16.6 Å². The predicted octanol–water partition coefficient (Wildman–Crippen LogP) is 4.03. The van der Waals surface area contributed by atoms with Crippen LogP contribution in [0.15, 0.2) is 24.3 Å². The zero-order chi connectivity index (χ0) is 22.7. The lowest BCUT2D eigenvalue weighted by Gasteiger charge is -2.36. The molecule has 2 aliphatic rings. The molecule has 1 heterocycles. The number of rotatable bonds is 6. The number of anilines is 2. The number of nitrogens with one attached hydrogen (secondary N) is 1. The van der Waals surface area contributed by atoms with Gasteiger partial charge in [-0.2, -0.15) is 4.98 Å². The van der Waals surface area contributed by atoms with Crippen molar-refractivity contribution in [2.75, 3.05) is 24.3 Å². The quantitative estimate of drug-likeness (QED) is 0.714. The number of aromatic nitrogens is 2. The van der Waals surface area contributed by atoms with Crippen molar-refractivity contribution in [3.8, 4) is 0 Å². The maximum Gasteiger partial charge on any atom is 0.315 e. The Morgan fingerprint density at radius 1 is 1.12 bits per heavy atom. The minimum atomic E-state index is -0.337. The van der Waals surface area contributed by atoms with Crippen molar-refractivity contribution >= 4 is 17.8 Å². The molecule has 0 saturated heterocycles. The highest BCUT2D eigenvalue weighted by molar-refractivity contribution is 5.72. The highest BCUT2D eigenvalue weighted by Crippen LogP contribution is 2.30. The summed E-state index contributed by atoms with van der Waals surface area (Å²) in [5.74, 6) is 1.79. The molecule has 2 aromatic rings. The molecule has 172 valence electrons. The lowest BCUT2D eigenvalue weighted by Crippen LogP contribution is -2.46. The molecule has 0 spiro atoms. The number of benzene rings is 1. The zero-order valence-corrected chi connectivity index (χ0v) is 19.6. The first kappa shape index (κ1) is 22.4. The number of aryl methyl sites for hydroxylation is 2. The van der Waals surface area contributed by atoms with Crippen molar-refractivity contribution in [2.24, 2.45) is 5.73 Å². The van der Waals surface area contributed by atoms with Gasteiger partial charge in [0, 0.05) is 38.3 Å². The average molecular weight is 437 g/mol. The summed E-state index contributed by atoms with van der Waals surface area (Å²) in [6.45, 7) is 2.64. The minimum absolute atomic E-state index is 0.174. The summed E-state index contributed by atoms with van der Waals surface area (Å²) in [7, 11) is 4.11. The molecular formula is C25H36N6O. The van der Waals surface area contributed by atoms with Gasteiger partial charge >= 0.3 is 6.03 Å². The summed E-state index contributed by atoms with van der Waals surface area (Å²) in [5.41, 5.74) is 10.6. The molecule has 0 radical (unpaired) electrons. The Labute approximate surface area is 191 Å². The maximum absolute atomic E-state index is 12.2. The number of carbonyl (C=O) groups is 1. The van der Waals surface area contributed by atoms with Gasteiger partial charge in [0.15, 0.2) is 0 Å². The number of amides is 2. The number of carbonyl (C=O) groups excluding carboxylic acids is 1. The van der Waals surface area contributed by atoms with E-state index in [9.17, 15) is 4.79 Å². The molecule has 1 saturated carbocycles. The first-order chi connectivity index (χ1) is 15.4. The van der Waals surface area contributed by atoms with E-state index < -0.39 is 0 Å². The van der Waals surface area contributed by atoms with Gasteiger partial charge in [-0.3, -0.25) is 0 Å². The van der Waals surface area contributed by atoms with E-state index in [1.54, 1.807) is 0 Å². The fourth-order valence-electron chi connectivity index (χ4n) is 5.12. The van der Waals surface area contributed by atoms with Crippen molar-refractivity contribution in [1.29, 1.82) is 0 Å². The van der Waals surface area contributed by atoms with Crippen LogP contribution in [0.5, 0.6) is 0 Å². The zero-order valence-electron chi connectivity index (χ0n) is 19.6. The van der Waals surface area contributed by atoms with Crippen molar-refractivity contribution in [1.82, 2.24) is 14.9 Å². The van der Waals surface area contributed by atoms with Gasteiger partial charge in [-0.15, -0.1) is 0 Å². The second-order valence-electron chi connectivity index (χ2n) is 9.50. The van der Waals surface area contributed by atoms with Crippen LogP contribution in [-0.4, -0.2) is 47.1 Å². The second kappa shape index (κ2) is 9.76. The normalized spacial score (nSPS) is 20.3. The van der Waals surface area contributed by atoms with Gasteiger partial charge in [-0.1, -0.05) is 29.8 Å². The van der Waals surface area contributed by atoms with E-state index in [1.165, 1.54) is 29.7 Å². The van der Waals surface area contributed by atoms with Crippen LogP contribution in [0.25, 0.3) is 0 Å². The van der Waals surface area contributed by atoms with Crippen LogP contribution in [0, 0.1) is 6.92 Å². The average Bonchev–Trinajstić information content (AvgIpc) is 2.77. The number of urea groups is 1. The molecule has 2 amide bonds. The van der Waals surface area contributed by atoms with Crippen molar-refractivity contribution in [3.05, 3.63) is 46.6 Å². The molecule has 3 N–H and O–H groups in total. The third-order valence-corrected chi connectivity index (χ3v) is 6.77. The Morgan fingerprint density at radius 2 is 1.88 bits per heavy atom. The first-order valence-electron chi connectivity index (χ1n) is 11.9. The number of nitrogens with zero attached hydrogens (tertiary/aromatic N) is 4. The Balaban J connectivity index is 1.40. The lowest BCUT2D eigenvalue weighted by atomic mass is 9.90. The van der Waals surface area contributed by atoms with Gasteiger partial charge in [0.05, 0.1) is 5.69 Å². The van der Waals surface area contributed by atoms with Crippen LogP contribution in [0.2, 0.25) is 0 Å². The Bertz CT molecular complexity index is 951. The number of primary amides is 1. The predicted molar refractivity (Wildman–Crippen MR) is 129 cm³/mol. The van der Waals surface area contributed by atoms with E-state index in [1.807, 2.05) is 11.0 Å². The van der Waals surface area contributed by atoms with Gasteiger partial charge in [0.2, 0.25) is 5.95 Å². The molecule has 0 atom stereocenters. The molecule has 0 unspecified atom stereocenters. The molecule has 7 nitrogen and oxygen atoms in total. The van der Waals surface area contributed by atoms with Crippen LogP contribution in [0.1, 0.15) is 60.9 Å². The monoisotopic (exact) mass is 436 g/mol. The standard InChI is InChI=1S/C25H36N6O/c1-17-7-6-8-18(15-17)16-31(24(26)32)20-13-11-19(12-14-20)27-25-28-22-10-5-4-9-21(22)23(29-25)30(2)3/h6-8,15,19-20H,4-5,9-14,16H2,1-3H3,(H2,26,32)(H,27,28,29). The van der Waals surface area contributed by atoms with Gasteiger partial charge < -0.3 is 20.9 Å². The molecule has 1 aromatic carbocycles. The molecule has 7 heteroatoms. The fraction of sp³-hybridized carbons (Fsp3) is 0.560. The molecule has 0 bridgehead atoms. The molecule has 2 aliphatic carbocycles. The molecule has 4 rings (SSSR count). The Morgan fingerprint density at radius 3 is 2.56 bits per heavy atom. The van der Waals surface area contributed by atoms with Gasteiger partial charge in [0.1, 0.15) is 5.82 Å². The summed E-state index contributed by atoms with van der Waals surface area (Å²) in [5, 5.41) is 3.59. The van der Waals surface area contributed by atoms with E-state index in [0.29, 0.717) is 12.6 Å². The number of hydrogen-bond donors (Lipinski definition) is 2. The fourth-order valence-corrected chi connectivity index (χ4v) is 5.12. The van der Waals surface area contributed by atoms with Gasteiger partial charge in [0.25, 0.3) is 0 Å². The van der Waals surface area contributed by atoms with Crippen LogP contribution in [-0.2, 0) is 19.4 Å². The van der Waals surface area contributed by atoms with Gasteiger partial charge in [-0.05, 0) is 63.9 Å². The summed E-state index contributed by atoms with van der Waals surface area (Å²) >= 11 is 0. The van der Waals surface area contributed by atoms with Gasteiger partial charge in [-0.25, -0.2) is 9.78 Å². The second-order valence-corrected chi connectivity index (χ2v) is 9.50. The summed E-state index contributed by atoms with van der Waals surface area (Å²) in [6.07, 6.45) is 8.32. The summed E-state index contributed by atoms with van der Waals surface area (Å²) < 4.78 is 0. The highest BCUT2D eigenvalue weighted by atomic mass is 16.2. The van der Waals surface area contributed by atoms with Crippen molar-refractivity contribution in [3.63, 3.8) is 0 Å². The van der Waals surface area contributed by atoms with Crippen molar-refractivity contribution in [2.45, 2.75) is 76.9 Å². The van der Waals surface area contributed by atoms with E-state index in [4.69, 9.17) is 15.7 Å². The first-order valence-corrected chi connectivity index (χ1v) is 11.9. The summed E-state index contributed by atoms with van der Waals surface area (Å²) in [6, 6.07) is 8.44. The third-order valence-electron chi connectivity index (χ3n) is 6.77. The minimum Gasteiger partial charge on any atom is -0.362 e. The maximum atomic E-state index is 12.2.